The van der Waals surface area contributed by atoms with Crippen LogP contribution >= 0.6 is 0 Å². The van der Waals surface area contributed by atoms with Gasteiger partial charge in [0.05, 0.1) is 6.04 Å². The summed E-state index contributed by atoms with van der Waals surface area (Å²) >= 11 is 0. The molecule has 0 radical (unpaired) electrons. The summed E-state index contributed by atoms with van der Waals surface area (Å²) in [6, 6.07) is 6.13. The Balaban J connectivity index is 1.67. The summed E-state index contributed by atoms with van der Waals surface area (Å²) in [5, 5.41) is 11.0. The SMILES string of the molecule is CCNC1COc2cc(OCc3nnc(C)o3)ccc21. The number of ether oxygens (including phenoxy) is 2. The van der Waals surface area contributed by atoms with Gasteiger partial charge in [-0.25, -0.2) is 0 Å². The van der Waals surface area contributed by atoms with Crippen LogP contribution in [0.2, 0.25) is 0 Å². The third-order valence-electron chi connectivity index (χ3n) is 3.15. The number of likely N-dealkylation sites (N-methyl/N-ethyl adjacent to an activating group) is 1. The largest absolute Gasteiger partial charge is 0.491 e. The summed E-state index contributed by atoms with van der Waals surface area (Å²) in [6.07, 6.45) is 0. The summed E-state index contributed by atoms with van der Waals surface area (Å²) < 4.78 is 16.6. The van der Waals surface area contributed by atoms with Gasteiger partial charge in [-0.3, -0.25) is 0 Å². The third kappa shape index (κ3) is 2.60. The van der Waals surface area contributed by atoms with Crippen LogP contribution in [-0.4, -0.2) is 23.3 Å². The Morgan fingerprint density at radius 1 is 1.40 bits per heavy atom. The highest BCUT2D eigenvalue weighted by Crippen LogP contribution is 2.35. The van der Waals surface area contributed by atoms with Gasteiger partial charge in [0.2, 0.25) is 5.89 Å². The Kier molecular flexibility index (Phi) is 3.56. The number of hydrogen-bond donors (Lipinski definition) is 1. The Labute approximate surface area is 117 Å². The van der Waals surface area contributed by atoms with Crippen molar-refractivity contribution in [3.8, 4) is 11.5 Å². The average molecular weight is 275 g/mol. The monoisotopic (exact) mass is 275 g/mol. The Hall–Kier alpha value is -2.08. The van der Waals surface area contributed by atoms with Crippen molar-refractivity contribution in [3.63, 3.8) is 0 Å². The first-order valence-electron chi connectivity index (χ1n) is 6.68. The van der Waals surface area contributed by atoms with Crippen LogP contribution in [0.5, 0.6) is 11.5 Å². The van der Waals surface area contributed by atoms with E-state index >= 15 is 0 Å². The van der Waals surface area contributed by atoms with Crippen LogP contribution in [-0.2, 0) is 6.61 Å². The van der Waals surface area contributed by atoms with E-state index < -0.39 is 0 Å². The van der Waals surface area contributed by atoms with E-state index in [0.29, 0.717) is 18.4 Å². The molecule has 3 rings (SSSR count). The van der Waals surface area contributed by atoms with Crippen molar-refractivity contribution in [1.29, 1.82) is 0 Å². The molecule has 0 saturated heterocycles. The highest BCUT2D eigenvalue weighted by molar-refractivity contribution is 5.45. The second-order valence-electron chi connectivity index (χ2n) is 4.62. The van der Waals surface area contributed by atoms with Gasteiger partial charge in [-0.15, -0.1) is 10.2 Å². The first-order chi connectivity index (χ1) is 9.76. The van der Waals surface area contributed by atoms with E-state index in [9.17, 15) is 0 Å². The van der Waals surface area contributed by atoms with Crippen molar-refractivity contribution in [2.75, 3.05) is 13.2 Å². The highest BCUT2D eigenvalue weighted by atomic mass is 16.5. The van der Waals surface area contributed by atoms with Crippen LogP contribution in [0.25, 0.3) is 0 Å². The molecule has 0 fully saturated rings. The fourth-order valence-corrected chi connectivity index (χ4v) is 2.24. The predicted octanol–water partition coefficient (Wildman–Crippen LogP) is 2.00. The van der Waals surface area contributed by atoms with Crippen LogP contribution < -0.4 is 14.8 Å². The lowest BCUT2D eigenvalue weighted by Crippen LogP contribution is -2.21. The first kappa shape index (κ1) is 12.9. The molecule has 0 amide bonds. The molecular weight excluding hydrogens is 258 g/mol. The molecule has 1 unspecified atom stereocenters. The number of hydrogen-bond acceptors (Lipinski definition) is 6. The van der Waals surface area contributed by atoms with Crippen molar-refractivity contribution >= 4 is 0 Å². The first-order valence-corrected chi connectivity index (χ1v) is 6.68. The zero-order valence-corrected chi connectivity index (χ0v) is 11.5. The average Bonchev–Trinajstić information content (AvgIpc) is 3.04. The molecule has 6 nitrogen and oxygen atoms in total. The topological polar surface area (TPSA) is 69.4 Å². The number of benzene rings is 1. The molecule has 1 aromatic carbocycles. The minimum absolute atomic E-state index is 0.260. The van der Waals surface area contributed by atoms with E-state index in [1.165, 1.54) is 5.56 Å². The molecule has 1 N–H and O–H groups in total. The number of aromatic nitrogens is 2. The van der Waals surface area contributed by atoms with Gasteiger partial charge >= 0.3 is 0 Å². The molecule has 2 heterocycles. The molecule has 1 atom stereocenters. The van der Waals surface area contributed by atoms with E-state index in [0.717, 1.165) is 18.0 Å². The van der Waals surface area contributed by atoms with Gasteiger partial charge in [-0.2, -0.15) is 0 Å². The molecule has 1 aliphatic heterocycles. The van der Waals surface area contributed by atoms with E-state index in [1.54, 1.807) is 6.92 Å². The van der Waals surface area contributed by atoms with Gasteiger partial charge in [0, 0.05) is 18.6 Å². The van der Waals surface area contributed by atoms with Crippen LogP contribution in [0.1, 0.15) is 30.3 Å². The molecular formula is C14H17N3O3. The van der Waals surface area contributed by atoms with Gasteiger partial charge in [0.15, 0.2) is 6.61 Å². The molecule has 20 heavy (non-hydrogen) atoms. The lowest BCUT2D eigenvalue weighted by molar-refractivity contribution is 0.258. The zero-order valence-electron chi connectivity index (χ0n) is 11.5. The number of aryl methyl sites for hydroxylation is 1. The van der Waals surface area contributed by atoms with Gasteiger partial charge in [0.25, 0.3) is 5.89 Å². The molecule has 6 heteroatoms. The number of fused-ring (bicyclic) bond motifs is 1. The predicted molar refractivity (Wildman–Crippen MR) is 71.7 cm³/mol. The van der Waals surface area contributed by atoms with Gasteiger partial charge in [-0.05, 0) is 18.7 Å². The minimum Gasteiger partial charge on any atom is -0.491 e. The quantitative estimate of drug-likeness (QED) is 0.900. The number of nitrogens with one attached hydrogen (secondary N) is 1. The Morgan fingerprint density at radius 2 is 2.30 bits per heavy atom. The van der Waals surface area contributed by atoms with E-state index in [1.807, 2.05) is 18.2 Å². The molecule has 1 aliphatic rings. The lowest BCUT2D eigenvalue weighted by Gasteiger charge is -2.09. The lowest BCUT2D eigenvalue weighted by atomic mass is 10.1. The summed E-state index contributed by atoms with van der Waals surface area (Å²) in [4.78, 5) is 0. The van der Waals surface area contributed by atoms with Crippen LogP contribution in [0.4, 0.5) is 0 Å². The smallest absolute Gasteiger partial charge is 0.253 e. The van der Waals surface area contributed by atoms with Crippen molar-refractivity contribution in [1.82, 2.24) is 15.5 Å². The van der Waals surface area contributed by atoms with Crippen LogP contribution in [0.3, 0.4) is 0 Å². The van der Waals surface area contributed by atoms with Gasteiger partial charge in [0.1, 0.15) is 18.1 Å². The van der Waals surface area contributed by atoms with Crippen LogP contribution in [0.15, 0.2) is 22.6 Å². The Bertz CT molecular complexity index is 597. The van der Waals surface area contributed by atoms with Gasteiger partial charge in [-0.1, -0.05) is 6.92 Å². The highest BCUT2D eigenvalue weighted by Gasteiger charge is 2.23. The second kappa shape index (κ2) is 5.50. The van der Waals surface area contributed by atoms with E-state index in [4.69, 9.17) is 13.9 Å². The fraction of sp³-hybridized carbons (Fsp3) is 0.429. The Morgan fingerprint density at radius 3 is 3.05 bits per heavy atom. The fourth-order valence-electron chi connectivity index (χ4n) is 2.24. The van der Waals surface area contributed by atoms with Crippen molar-refractivity contribution in [2.45, 2.75) is 26.5 Å². The van der Waals surface area contributed by atoms with Crippen molar-refractivity contribution in [3.05, 3.63) is 35.5 Å². The molecule has 0 saturated carbocycles. The van der Waals surface area contributed by atoms with Crippen molar-refractivity contribution < 1.29 is 13.9 Å². The van der Waals surface area contributed by atoms with Gasteiger partial charge < -0.3 is 19.2 Å². The molecule has 0 aliphatic carbocycles. The summed E-state index contributed by atoms with van der Waals surface area (Å²) in [7, 11) is 0. The van der Waals surface area contributed by atoms with E-state index in [-0.39, 0.29) is 12.6 Å². The summed E-state index contributed by atoms with van der Waals surface area (Å²) in [5.74, 6) is 2.61. The molecule has 2 aromatic rings. The maximum absolute atomic E-state index is 5.67. The maximum atomic E-state index is 5.67. The summed E-state index contributed by atoms with van der Waals surface area (Å²) in [6.45, 7) is 5.68. The van der Waals surface area contributed by atoms with Crippen molar-refractivity contribution in [2.24, 2.45) is 0 Å². The molecule has 106 valence electrons. The van der Waals surface area contributed by atoms with Crippen LogP contribution in [0, 0.1) is 6.92 Å². The zero-order chi connectivity index (χ0) is 13.9. The molecule has 0 spiro atoms. The minimum atomic E-state index is 0.260. The molecule has 1 aromatic heterocycles. The number of nitrogens with zero attached hydrogens (tertiary/aromatic N) is 2. The third-order valence-corrected chi connectivity index (χ3v) is 3.15. The standard InChI is InChI=1S/C14H17N3O3/c1-3-15-12-7-19-13-6-10(4-5-11(12)13)18-8-14-17-16-9(2)20-14/h4-6,12,15H,3,7-8H2,1-2H3. The normalized spacial score (nSPS) is 16.8. The maximum Gasteiger partial charge on any atom is 0.253 e. The number of rotatable bonds is 5. The summed E-state index contributed by atoms with van der Waals surface area (Å²) in [5.41, 5.74) is 1.17. The molecule has 0 bridgehead atoms. The van der Waals surface area contributed by atoms with E-state index in [2.05, 4.69) is 22.4 Å². The second-order valence-corrected chi connectivity index (χ2v) is 4.62.